The summed E-state index contributed by atoms with van der Waals surface area (Å²) in [6.45, 7) is 2.13. The maximum atomic E-state index is 12.8. The fraction of sp³-hybridized carbons (Fsp3) is 0.607. The van der Waals surface area contributed by atoms with Crippen LogP contribution in [0.15, 0.2) is 43.0 Å². The van der Waals surface area contributed by atoms with Gasteiger partial charge in [0.25, 0.3) is 0 Å². The predicted molar refractivity (Wildman–Crippen MR) is 149 cm³/mol. The Hall–Kier alpha value is -3.23. The number of esters is 1. The summed E-state index contributed by atoms with van der Waals surface area (Å²) in [6, 6.07) is 5.86. The van der Waals surface area contributed by atoms with Gasteiger partial charge in [-0.1, -0.05) is 43.0 Å². The van der Waals surface area contributed by atoms with E-state index in [1.165, 1.54) is 6.08 Å². The first-order valence-corrected chi connectivity index (χ1v) is 14.0. The Morgan fingerprint density at radius 1 is 0.933 bits per heavy atom. The van der Waals surface area contributed by atoms with Gasteiger partial charge in [-0.15, -0.1) is 0 Å². The van der Waals surface area contributed by atoms with Crippen molar-refractivity contribution in [1.82, 2.24) is 10.6 Å². The monoisotopic (exact) mass is 644 g/mol. The van der Waals surface area contributed by atoms with Gasteiger partial charge >= 0.3 is 12.1 Å². The lowest BCUT2D eigenvalue weighted by atomic mass is 9.95. The number of nitrogens with one attached hydrogen (secondary N) is 2. The van der Waals surface area contributed by atoms with E-state index in [9.17, 15) is 45.0 Å². The quantitative estimate of drug-likeness (QED) is 0.0733. The molecule has 2 aliphatic heterocycles. The molecule has 1 aromatic rings. The lowest BCUT2D eigenvalue weighted by Crippen LogP contribution is -2.68. The average molecular weight is 645 g/mol. The molecule has 2 amide bonds. The van der Waals surface area contributed by atoms with E-state index in [1.807, 2.05) is 0 Å². The number of hydrogen-bond donors (Lipinski definition) is 8. The van der Waals surface area contributed by atoms with Crippen LogP contribution in [0.5, 0.6) is 0 Å². The van der Waals surface area contributed by atoms with Crippen molar-refractivity contribution in [2.45, 2.75) is 80.9 Å². The normalized spacial score (nSPS) is 32.2. The number of amides is 2. The van der Waals surface area contributed by atoms with Gasteiger partial charge in [-0.3, -0.25) is 4.79 Å². The second kappa shape index (κ2) is 17.5. The van der Waals surface area contributed by atoms with Crippen LogP contribution in [0.2, 0.25) is 0 Å². The van der Waals surface area contributed by atoms with E-state index in [4.69, 9.17) is 28.4 Å². The Morgan fingerprint density at radius 2 is 1.58 bits per heavy atom. The molecule has 2 aliphatic rings. The number of rotatable bonds is 14. The summed E-state index contributed by atoms with van der Waals surface area (Å²) in [4.78, 5) is 37.4. The summed E-state index contributed by atoms with van der Waals surface area (Å²) < 4.78 is 32.8. The van der Waals surface area contributed by atoms with Crippen LogP contribution in [0.25, 0.3) is 0 Å². The molecule has 8 N–H and O–H groups in total. The highest BCUT2D eigenvalue weighted by atomic mass is 16.7. The Kier molecular flexibility index (Phi) is 14.1. The lowest BCUT2D eigenvalue weighted by Gasteiger charge is -2.47. The lowest BCUT2D eigenvalue weighted by molar-refractivity contribution is -0.345. The van der Waals surface area contributed by atoms with Gasteiger partial charge in [0.15, 0.2) is 18.6 Å². The average Bonchev–Trinajstić information content (AvgIpc) is 3.03. The zero-order valence-electron chi connectivity index (χ0n) is 24.4. The second-order valence-corrected chi connectivity index (χ2v) is 10.3. The van der Waals surface area contributed by atoms with Gasteiger partial charge in [-0.25, -0.2) is 9.59 Å². The van der Waals surface area contributed by atoms with E-state index < -0.39 is 105 Å². The van der Waals surface area contributed by atoms with Crippen molar-refractivity contribution in [2.75, 3.05) is 26.4 Å². The number of carbonyl (C=O) groups excluding carboxylic acids is 3. The summed E-state index contributed by atoms with van der Waals surface area (Å²) in [5.41, 5.74) is 0.683. The van der Waals surface area contributed by atoms with E-state index in [-0.39, 0.29) is 13.2 Å². The van der Waals surface area contributed by atoms with Crippen LogP contribution in [-0.4, -0.2) is 142 Å². The van der Waals surface area contributed by atoms with Crippen LogP contribution in [0.4, 0.5) is 4.79 Å². The standard InChI is InChI=1S/C28H40N2O15/c1-3-9-40-25(38)16(30-28(39)42-12-15-7-5-4-6-8-15)13-41-26-19(29-14(2)33)24(21(35)18(11-32)43-26)45-27-23(37)22(36)20(34)17(10-31)44-27/h3-8,16-24,26-27,31-32,34-37H,1,9-13H2,2H3,(H,29,33)(H,30,39)/t16-,17+,18+,19+,20-,21-,22-,23+,24+,26-,27-/m0/s1. The largest absolute Gasteiger partial charge is 0.460 e. The van der Waals surface area contributed by atoms with Crippen molar-refractivity contribution in [3.8, 4) is 0 Å². The molecule has 2 heterocycles. The molecule has 2 fully saturated rings. The van der Waals surface area contributed by atoms with Crippen molar-refractivity contribution in [1.29, 1.82) is 0 Å². The van der Waals surface area contributed by atoms with Crippen LogP contribution in [0.3, 0.4) is 0 Å². The smallest absolute Gasteiger partial charge is 0.408 e. The molecule has 17 nitrogen and oxygen atoms in total. The summed E-state index contributed by atoms with van der Waals surface area (Å²) in [6.07, 6.45) is -14.3. The highest BCUT2D eigenvalue weighted by Crippen LogP contribution is 2.30. The van der Waals surface area contributed by atoms with E-state index in [1.54, 1.807) is 30.3 Å². The topological polar surface area (TPSA) is 252 Å². The third-order valence-electron chi connectivity index (χ3n) is 6.92. The number of carbonyl (C=O) groups is 3. The number of ether oxygens (including phenoxy) is 6. The summed E-state index contributed by atoms with van der Waals surface area (Å²) in [7, 11) is 0. The third kappa shape index (κ3) is 9.88. The van der Waals surface area contributed by atoms with Crippen molar-refractivity contribution in [3.63, 3.8) is 0 Å². The van der Waals surface area contributed by atoms with E-state index >= 15 is 0 Å². The molecule has 0 aliphatic carbocycles. The van der Waals surface area contributed by atoms with Gasteiger partial charge in [-0.05, 0) is 5.56 Å². The maximum Gasteiger partial charge on any atom is 0.408 e. The number of aliphatic hydroxyl groups excluding tert-OH is 6. The first-order chi connectivity index (χ1) is 21.5. The van der Waals surface area contributed by atoms with Crippen LogP contribution in [0, 0.1) is 0 Å². The Morgan fingerprint density at radius 3 is 2.20 bits per heavy atom. The highest BCUT2D eigenvalue weighted by Gasteiger charge is 2.51. The molecule has 17 heteroatoms. The number of aliphatic hydroxyl groups is 6. The van der Waals surface area contributed by atoms with Crippen LogP contribution in [-0.2, 0) is 44.6 Å². The first-order valence-electron chi connectivity index (χ1n) is 14.0. The van der Waals surface area contributed by atoms with E-state index in [2.05, 4.69) is 17.2 Å². The van der Waals surface area contributed by atoms with Crippen molar-refractivity contribution in [2.24, 2.45) is 0 Å². The first kappa shape index (κ1) is 36.2. The van der Waals surface area contributed by atoms with Crippen molar-refractivity contribution < 1.29 is 73.4 Å². The summed E-state index contributed by atoms with van der Waals surface area (Å²) in [5.74, 6) is -1.59. The molecular weight excluding hydrogens is 604 g/mol. The van der Waals surface area contributed by atoms with Crippen molar-refractivity contribution >= 4 is 18.0 Å². The summed E-state index contributed by atoms with van der Waals surface area (Å²) >= 11 is 0. The number of alkyl carbamates (subject to hydrolysis) is 1. The van der Waals surface area contributed by atoms with Crippen LogP contribution < -0.4 is 10.6 Å². The molecule has 0 aromatic heterocycles. The van der Waals surface area contributed by atoms with Gasteiger partial charge in [0.1, 0.15) is 62.0 Å². The molecule has 0 radical (unpaired) electrons. The molecule has 1 aromatic carbocycles. The Balaban J connectivity index is 1.79. The van der Waals surface area contributed by atoms with E-state index in [0.717, 1.165) is 6.92 Å². The molecular formula is C28H40N2O15. The van der Waals surface area contributed by atoms with Gasteiger partial charge in [0, 0.05) is 6.92 Å². The van der Waals surface area contributed by atoms with Gasteiger partial charge in [0.2, 0.25) is 5.91 Å². The molecule has 2 saturated heterocycles. The number of benzene rings is 1. The second-order valence-electron chi connectivity index (χ2n) is 10.3. The molecule has 252 valence electrons. The van der Waals surface area contributed by atoms with Crippen LogP contribution in [0.1, 0.15) is 12.5 Å². The zero-order chi connectivity index (χ0) is 33.1. The fourth-order valence-electron chi connectivity index (χ4n) is 4.60. The van der Waals surface area contributed by atoms with Gasteiger partial charge in [-0.2, -0.15) is 0 Å². The number of hydrogen-bond acceptors (Lipinski definition) is 15. The third-order valence-corrected chi connectivity index (χ3v) is 6.92. The minimum Gasteiger partial charge on any atom is -0.460 e. The molecule has 45 heavy (non-hydrogen) atoms. The molecule has 0 spiro atoms. The SMILES string of the molecule is C=CCOC(=O)[C@H](CO[C@H]1O[C@H](CO)[C@H](O)[C@H](O[C@@H]2O[C@H](CO)[C@H](O)[C@H](O)[C@H]2O)[C@H]1NC(C)=O)NC(=O)OCc1ccccc1. The maximum absolute atomic E-state index is 12.8. The fourth-order valence-corrected chi connectivity index (χ4v) is 4.60. The van der Waals surface area contributed by atoms with Gasteiger partial charge < -0.3 is 69.7 Å². The molecule has 11 atom stereocenters. The van der Waals surface area contributed by atoms with E-state index in [0.29, 0.717) is 5.56 Å². The Labute approximate surface area is 258 Å². The summed E-state index contributed by atoms with van der Waals surface area (Å²) in [5, 5.41) is 65.9. The molecule has 0 saturated carbocycles. The van der Waals surface area contributed by atoms with Gasteiger partial charge in [0.05, 0.1) is 19.8 Å². The van der Waals surface area contributed by atoms with Crippen LogP contribution >= 0.6 is 0 Å². The predicted octanol–water partition coefficient (Wildman–Crippen LogP) is -3.20. The highest BCUT2D eigenvalue weighted by molar-refractivity contribution is 5.81. The van der Waals surface area contributed by atoms with Crippen molar-refractivity contribution in [3.05, 3.63) is 48.6 Å². The minimum absolute atomic E-state index is 0.106. The molecule has 0 bridgehead atoms. The Bertz CT molecular complexity index is 1110. The zero-order valence-corrected chi connectivity index (χ0v) is 24.4. The molecule has 3 rings (SSSR count). The minimum atomic E-state index is -1.86. The molecule has 0 unspecified atom stereocenters.